The van der Waals surface area contributed by atoms with Crippen LogP contribution in [0.2, 0.25) is 0 Å². The third kappa shape index (κ3) is 4.53. The van der Waals surface area contributed by atoms with Crippen LogP contribution in [-0.4, -0.2) is 48.5 Å². The van der Waals surface area contributed by atoms with Gasteiger partial charge in [0, 0.05) is 42.8 Å². The lowest BCUT2D eigenvalue weighted by atomic mass is 10.2. The Hall–Kier alpha value is -3.11. The van der Waals surface area contributed by atoms with Gasteiger partial charge in [0.1, 0.15) is 0 Å². The first-order valence-corrected chi connectivity index (χ1v) is 12.5. The van der Waals surface area contributed by atoms with Crippen LogP contribution in [0.5, 0.6) is 11.5 Å². The van der Waals surface area contributed by atoms with E-state index in [0.717, 1.165) is 20.9 Å². The maximum absolute atomic E-state index is 12.9. The van der Waals surface area contributed by atoms with Gasteiger partial charge in [-0.2, -0.15) is 16.8 Å². The van der Waals surface area contributed by atoms with Crippen LogP contribution in [0.1, 0.15) is 23.2 Å². The van der Waals surface area contributed by atoms with Crippen molar-refractivity contribution in [2.45, 2.75) is 19.4 Å². The van der Waals surface area contributed by atoms with E-state index in [9.17, 15) is 14.4 Å². The number of hydrogen-bond donors (Lipinski definition) is 0. The highest BCUT2D eigenvalue weighted by Gasteiger charge is 2.30. The minimum atomic E-state index is -0.399. The highest BCUT2D eigenvalue weighted by Crippen LogP contribution is 2.33. The molecule has 3 amide bonds. The molecular weight excluding hydrogens is 462 g/mol. The number of thioether (sulfide) groups is 1. The molecule has 2 heterocycles. The Morgan fingerprint density at radius 1 is 1.06 bits per heavy atom. The molecule has 4 rings (SSSR count). The van der Waals surface area contributed by atoms with Crippen LogP contribution in [-0.2, 0) is 16.1 Å². The summed E-state index contributed by atoms with van der Waals surface area (Å²) in [4.78, 5) is 43.0. The van der Waals surface area contributed by atoms with Crippen molar-refractivity contribution >= 4 is 56.7 Å². The van der Waals surface area contributed by atoms with Gasteiger partial charge in [0.2, 0.25) is 11.8 Å². The van der Waals surface area contributed by atoms with Gasteiger partial charge in [-0.05, 0) is 30.5 Å². The van der Waals surface area contributed by atoms with Gasteiger partial charge in [-0.1, -0.05) is 11.3 Å². The fourth-order valence-electron chi connectivity index (χ4n) is 3.65. The number of anilines is 1. The maximum Gasteiger partial charge on any atom is 0.279 e. The van der Waals surface area contributed by atoms with Gasteiger partial charge in [-0.3, -0.25) is 19.3 Å². The summed E-state index contributed by atoms with van der Waals surface area (Å²) < 4.78 is 13.8. The van der Waals surface area contributed by atoms with Crippen LogP contribution in [0.25, 0.3) is 10.2 Å². The zero-order valence-corrected chi connectivity index (χ0v) is 20.1. The number of methoxy groups -OCH3 is 2. The summed E-state index contributed by atoms with van der Waals surface area (Å²) in [5.41, 5.74) is 1.76. The van der Waals surface area contributed by atoms with Crippen molar-refractivity contribution in [2.75, 3.05) is 31.1 Å². The number of aryl methyl sites for hydroxylation is 1. The molecule has 0 atom stereocenters. The standard InChI is InChI=1S/C23H23N3O5S2/c1-30-17-12-16-19(13-18(17)31-2)33-23(25(16)10-11-32-3)24-22(29)14-4-6-15(7-5-14)26-20(27)8-9-21(26)28/h4-7,12-13H,8-11H2,1-3H3. The summed E-state index contributed by atoms with van der Waals surface area (Å²) in [6.45, 7) is 0.681. The molecule has 0 unspecified atom stereocenters. The Labute approximate surface area is 198 Å². The summed E-state index contributed by atoms with van der Waals surface area (Å²) in [7, 11) is 3.17. The number of thiazole rings is 1. The number of amides is 3. The number of hydrogen-bond acceptors (Lipinski definition) is 7. The third-order valence-electron chi connectivity index (χ3n) is 5.33. The van der Waals surface area contributed by atoms with E-state index in [1.165, 1.54) is 11.3 Å². The van der Waals surface area contributed by atoms with Crippen molar-refractivity contribution in [1.29, 1.82) is 0 Å². The Morgan fingerprint density at radius 2 is 1.70 bits per heavy atom. The van der Waals surface area contributed by atoms with Gasteiger partial charge in [-0.15, -0.1) is 0 Å². The maximum atomic E-state index is 12.9. The summed E-state index contributed by atoms with van der Waals surface area (Å²) in [6, 6.07) is 10.2. The van der Waals surface area contributed by atoms with Gasteiger partial charge < -0.3 is 14.0 Å². The van der Waals surface area contributed by atoms with Gasteiger partial charge in [0.05, 0.1) is 30.1 Å². The number of carbonyl (C=O) groups excluding carboxylic acids is 3. The zero-order valence-electron chi connectivity index (χ0n) is 18.5. The minimum absolute atomic E-state index is 0.215. The predicted molar refractivity (Wildman–Crippen MR) is 129 cm³/mol. The molecule has 172 valence electrons. The first kappa shape index (κ1) is 23.1. The lowest BCUT2D eigenvalue weighted by molar-refractivity contribution is -0.121. The molecule has 33 heavy (non-hydrogen) atoms. The van der Waals surface area contributed by atoms with Crippen LogP contribution in [0, 0.1) is 0 Å². The molecule has 0 bridgehead atoms. The fraction of sp³-hybridized carbons (Fsp3) is 0.304. The van der Waals surface area contributed by atoms with Crippen molar-refractivity contribution in [3.8, 4) is 11.5 Å². The minimum Gasteiger partial charge on any atom is -0.493 e. The Kier molecular flexibility index (Phi) is 6.85. The molecule has 0 N–H and O–H groups in total. The second-order valence-electron chi connectivity index (χ2n) is 7.29. The lowest BCUT2D eigenvalue weighted by Crippen LogP contribution is -2.28. The van der Waals surface area contributed by atoms with Gasteiger partial charge >= 0.3 is 0 Å². The molecule has 1 aliphatic heterocycles. The molecule has 10 heteroatoms. The molecule has 2 aromatic carbocycles. The molecule has 1 saturated heterocycles. The molecule has 0 aliphatic carbocycles. The second-order valence-corrected chi connectivity index (χ2v) is 9.29. The number of carbonyl (C=O) groups is 3. The Balaban J connectivity index is 1.72. The topological polar surface area (TPSA) is 90.2 Å². The average Bonchev–Trinajstić information content (AvgIpc) is 3.34. The normalized spacial score (nSPS) is 14.4. The van der Waals surface area contributed by atoms with Crippen molar-refractivity contribution in [3.05, 3.63) is 46.8 Å². The smallest absolute Gasteiger partial charge is 0.279 e. The number of imide groups is 1. The highest BCUT2D eigenvalue weighted by atomic mass is 32.2. The van der Waals surface area contributed by atoms with Gasteiger partial charge in [0.25, 0.3) is 5.91 Å². The van der Waals surface area contributed by atoms with E-state index in [4.69, 9.17) is 9.47 Å². The molecule has 0 spiro atoms. The number of fused-ring (bicyclic) bond motifs is 1. The number of ether oxygens (including phenoxy) is 2. The molecule has 8 nitrogen and oxygen atoms in total. The van der Waals surface area contributed by atoms with Gasteiger partial charge in [-0.25, -0.2) is 0 Å². The largest absolute Gasteiger partial charge is 0.493 e. The van der Waals surface area contributed by atoms with Crippen molar-refractivity contribution in [1.82, 2.24) is 4.57 Å². The SMILES string of the molecule is COc1cc2sc(=NC(=O)c3ccc(N4C(=O)CCC4=O)cc3)n(CCSC)c2cc1OC. The highest BCUT2D eigenvalue weighted by molar-refractivity contribution is 7.98. The fourth-order valence-corrected chi connectivity index (χ4v) is 5.08. The number of nitrogens with zero attached hydrogens (tertiary/aromatic N) is 3. The molecule has 1 aromatic heterocycles. The second kappa shape index (κ2) is 9.80. The number of aromatic nitrogens is 1. The van der Waals surface area contributed by atoms with Crippen LogP contribution in [0.3, 0.4) is 0 Å². The zero-order chi connectivity index (χ0) is 23.5. The van der Waals surface area contributed by atoms with E-state index in [0.29, 0.717) is 34.1 Å². The van der Waals surface area contributed by atoms with E-state index in [2.05, 4.69) is 4.99 Å². The summed E-state index contributed by atoms with van der Waals surface area (Å²) in [5.74, 6) is 1.23. The first-order chi connectivity index (χ1) is 16.0. The van der Waals surface area contributed by atoms with Crippen molar-refractivity contribution in [2.24, 2.45) is 4.99 Å². The van der Waals surface area contributed by atoms with Crippen LogP contribution >= 0.6 is 23.1 Å². The third-order valence-corrected chi connectivity index (χ3v) is 6.96. The molecule has 0 saturated carbocycles. The van der Waals surface area contributed by atoms with E-state index >= 15 is 0 Å². The Bertz CT molecular complexity index is 1280. The number of benzene rings is 2. The molecule has 0 radical (unpaired) electrons. The lowest BCUT2D eigenvalue weighted by Gasteiger charge is -2.13. The van der Waals surface area contributed by atoms with Crippen LogP contribution in [0.15, 0.2) is 41.4 Å². The Morgan fingerprint density at radius 3 is 2.30 bits per heavy atom. The summed E-state index contributed by atoms with van der Waals surface area (Å²) in [6.07, 6.45) is 2.46. The van der Waals surface area contributed by atoms with Crippen LogP contribution in [0.4, 0.5) is 5.69 Å². The van der Waals surface area contributed by atoms with E-state index in [1.807, 2.05) is 23.0 Å². The van der Waals surface area contributed by atoms with Crippen molar-refractivity contribution < 1.29 is 23.9 Å². The molecule has 3 aromatic rings. The number of rotatable bonds is 7. The van der Waals surface area contributed by atoms with E-state index in [-0.39, 0.29) is 24.7 Å². The summed E-state index contributed by atoms with van der Waals surface area (Å²) >= 11 is 3.11. The van der Waals surface area contributed by atoms with Crippen molar-refractivity contribution in [3.63, 3.8) is 0 Å². The predicted octanol–water partition coefficient (Wildman–Crippen LogP) is 3.48. The van der Waals surface area contributed by atoms with E-state index < -0.39 is 5.91 Å². The molecule has 1 aliphatic rings. The molecular formula is C23H23N3O5S2. The monoisotopic (exact) mass is 485 g/mol. The quantitative estimate of drug-likeness (QED) is 0.476. The molecule has 1 fully saturated rings. The first-order valence-electron chi connectivity index (χ1n) is 10.3. The average molecular weight is 486 g/mol. The van der Waals surface area contributed by atoms with Gasteiger partial charge in [0.15, 0.2) is 16.3 Å². The van der Waals surface area contributed by atoms with Crippen LogP contribution < -0.4 is 19.2 Å². The van der Waals surface area contributed by atoms with E-state index in [1.54, 1.807) is 50.2 Å². The summed E-state index contributed by atoms with van der Waals surface area (Å²) in [5, 5.41) is 0.